The van der Waals surface area contributed by atoms with Crippen molar-refractivity contribution in [2.24, 2.45) is 0 Å². The maximum absolute atomic E-state index is 6.59. The molecule has 0 spiro atoms. The van der Waals surface area contributed by atoms with Crippen LogP contribution in [0.3, 0.4) is 0 Å². The van der Waals surface area contributed by atoms with Gasteiger partial charge in [-0.25, -0.2) is 29.9 Å². The Kier molecular flexibility index (Phi) is 16.7. The van der Waals surface area contributed by atoms with Crippen molar-refractivity contribution in [3.8, 4) is 113 Å². The van der Waals surface area contributed by atoms with Crippen LogP contribution in [0.1, 0.15) is 0 Å². The Labute approximate surface area is 721 Å². The largest absolute Gasteiger partial charge is 0.455 e. The first-order valence-corrected chi connectivity index (χ1v) is 42.4. The topological polar surface area (TPSA) is 123 Å². The first-order valence-electron chi connectivity index (χ1n) is 42.4. The van der Waals surface area contributed by atoms with Crippen molar-refractivity contribution in [1.29, 1.82) is 0 Å². The second-order valence-corrected chi connectivity index (χ2v) is 32.0. The van der Waals surface area contributed by atoms with Crippen LogP contribution in [0.4, 0.5) is 0 Å². The number of para-hydroxylation sites is 6. The lowest BCUT2D eigenvalue weighted by molar-refractivity contribution is 0.672. The lowest BCUT2D eigenvalue weighted by Gasteiger charge is -2.12. The lowest BCUT2D eigenvalue weighted by Crippen LogP contribution is -2.00. The molecule has 0 atom stereocenters. The highest BCUT2D eigenvalue weighted by Gasteiger charge is 2.25. The van der Waals surface area contributed by atoms with E-state index < -0.39 is 0 Å². The number of hydrogen-bond donors (Lipinski definition) is 0. The van der Waals surface area contributed by atoms with Crippen molar-refractivity contribution in [2.75, 3.05) is 0 Å². The molecule has 0 unspecified atom stereocenters. The standard InChI is InChI=1S/2C57H35N5O/c1-3-15-36(16-4-1)55-58-56(37-17-5-2-6-18-37)60-57(59-55)40-21-13-19-38(33-40)39-20-14-22-41(34-39)61-48-26-10-7-23-43(48)47-35-42(29-31-50(47)61)62-49-27-11-8-25-46(49)53-51(62)32-30-45-44-24-9-12-28-52(44)63-54(45)53;1-3-13-38(14-4-1)55-58-56(39-15-5-2-6-16-39)60-57(59-55)40-25-23-36(24-26-40)37-27-29-41(30-28-37)61-48-20-10-7-17-43(48)47-35-42(31-33-50(47)61)62-49-21-11-8-19-46(49)53-51(62)34-32-45-44-18-9-12-22-52(44)63-54(45)53/h2*1-35H. The molecule has 26 aromatic rings. The SMILES string of the molecule is c1ccc(-c2nc(-c3ccccc3)nc(-c3ccc(-c4ccc(-n5c6ccccc6c6cc(-n7c8ccccc8c8c9oc%10ccccc%10c9ccc87)ccc65)cc4)cc3)n2)cc1.c1ccc(-c2nc(-c3ccccc3)nc(-c3cccc(-c4cccc(-n5c6ccccc6c6cc(-n7c8ccccc8c8c9oc%10ccccc%10c9ccc87)ccc65)c4)c3)n2)cc1. The molecule has 8 heterocycles. The van der Waals surface area contributed by atoms with Gasteiger partial charge < -0.3 is 27.1 Å². The number of nitrogens with zero attached hydrogens (tertiary/aromatic N) is 10. The van der Waals surface area contributed by atoms with Gasteiger partial charge >= 0.3 is 0 Å². The van der Waals surface area contributed by atoms with Crippen molar-refractivity contribution in [3.05, 3.63) is 425 Å². The molecule has 126 heavy (non-hydrogen) atoms. The Bertz CT molecular complexity index is 8710. The van der Waals surface area contributed by atoms with Crippen LogP contribution in [0.2, 0.25) is 0 Å². The maximum Gasteiger partial charge on any atom is 0.164 e. The molecule has 18 aromatic carbocycles. The molecule has 0 saturated heterocycles. The predicted octanol–water partition coefficient (Wildman–Crippen LogP) is 29.3. The van der Waals surface area contributed by atoms with Gasteiger partial charge in [0.25, 0.3) is 0 Å². The summed E-state index contributed by atoms with van der Waals surface area (Å²) in [6.07, 6.45) is 0. The van der Waals surface area contributed by atoms with E-state index in [-0.39, 0.29) is 0 Å². The first kappa shape index (κ1) is 71.7. The van der Waals surface area contributed by atoms with E-state index in [0.717, 1.165) is 177 Å². The summed E-state index contributed by atoms with van der Waals surface area (Å²) in [4.78, 5) is 29.6. The second-order valence-electron chi connectivity index (χ2n) is 32.0. The van der Waals surface area contributed by atoms with Gasteiger partial charge in [-0.1, -0.05) is 297 Å². The fourth-order valence-electron chi connectivity index (χ4n) is 18.9. The van der Waals surface area contributed by atoms with Gasteiger partial charge in [-0.15, -0.1) is 0 Å². The van der Waals surface area contributed by atoms with E-state index in [1.165, 1.54) is 32.3 Å². The molecule has 0 fully saturated rings. The summed E-state index contributed by atoms with van der Waals surface area (Å²) in [5.74, 6) is 3.85. The minimum atomic E-state index is 0.629. The molecule has 0 bridgehead atoms. The molecule has 0 saturated carbocycles. The molecule has 26 rings (SSSR count). The van der Waals surface area contributed by atoms with Gasteiger partial charge in [0.2, 0.25) is 0 Å². The van der Waals surface area contributed by atoms with Gasteiger partial charge in [-0.3, -0.25) is 0 Å². The summed E-state index contributed by atoms with van der Waals surface area (Å²) in [7, 11) is 0. The summed E-state index contributed by atoms with van der Waals surface area (Å²) >= 11 is 0. The maximum atomic E-state index is 6.59. The van der Waals surface area contributed by atoms with Gasteiger partial charge in [-0.05, 0) is 150 Å². The van der Waals surface area contributed by atoms with Crippen LogP contribution in [0, 0.1) is 0 Å². The molecule has 588 valence electrons. The van der Waals surface area contributed by atoms with Gasteiger partial charge in [0.15, 0.2) is 34.9 Å². The van der Waals surface area contributed by atoms with Crippen LogP contribution < -0.4 is 0 Å². The van der Waals surface area contributed by atoms with E-state index in [9.17, 15) is 0 Å². The number of benzene rings is 18. The van der Waals surface area contributed by atoms with Gasteiger partial charge in [0, 0.05) is 110 Å². The van der Waals surface area contributed by atoms with Crippen molar-refractivity contribution < 1.29 is 8.83 Å². The average molecular weight is 1610 g/mol. The number of fused-ring (bicyclic) bond motifs is 20. The van der Waals surface area contributed by atoms with Crippen molar-refractivity contribution in [2.45, 2.75) is 0 Å². The molecule has 0 aliphatic carbocycles. The zero-order chi connectivity index (χ0) is 82.9. The summed E-state index contributed by atoms with van der Waals surface area (Å²) < 4.78 is 22.7. The highest BCUT2D eigenvalue weighted by atomic mass is 16.3. The normalized spacial score (nSPS) is 11.8. The fraction of sp³-hybridized carbons (Fsp3) is 0. The van der Waals surface area contributed by atoms with E-state index in [1.54, 1.807) is 0 Å². The Hall–Kier alpha value is -17.2. The van der Waals surface area contributed by atoms with Gasteiger partial charge in [0.05, 0.1) is 54.9 Å². The van der Waals surface area contributed by atoms with Crippen molar-refractivity contribution in [3.63, 3.8) is 0 Å². The minimum Gasteiger partial charge on any atom is -0.455 e. The quantitative estimate of drug-likeness (QED) is 0.118. The van der Waals surface area contributed by atoms with E-state index in [4.69, 9.17) is 38.7 Å². The second kappa shape index (κ2) is 29.3. The summed E-state index contributed by atoms with van der Waals surface area (Å²) in [6.45, 7) is 0. The highest BCUT2D eigenvalue weighted by Crippen LogP contribution is 2.46. The Morgan fingerprint density at radius 2 is 0.429 bits per heavy atom. The molecule has 0 N–H and O–H groups in total. The van der Waals surface area contributed by atoms with E-state index in [2.05, 4.69) is 309 Å². The van der Waals surface area contributed by atoms with Crippen LogP contribution in [0.25, 0.3) is 244 Å². The summed E-state index contributed by atoms with van der Waals surface area (Å²) in [5, 5.41) is 13.9. The number of aromatic nitrogens is 10. The molecule has 0 amide bonds. The molecule has 0 aliphatic rings. The third-order valence-electron chi connectivity index (χ3n) is 24.7. The molecule has 8 aromatic heterocycles. The molecular weight excluding hydrogens is 1540 g/mol. The first-order chi connectivity index (χ1) is 62.5. The van der Waals surface area contributed by atoms with Crippen LogP contribution in [0.5, 0.6) is 0 Å². The Balaban J connectivity index is 0.000000137. The lowest BCUT2D eigenvalue weighted by atomic mass is 10.0. The monoisotopic (exact) mass is 1610 g/mol. The van der Waals surface area contributed by atoms with E-state index >= 15 is 0 Å². The zero-order valence-corrected chi connectivity index (χ0v) is 67.7. The molecule has 12 heteroatoms. The molecule has 12 nitrogen and oxygen atoms in total. The Morgan fingerprint density at radius 3 is 0.865 bits per heavy atom. The molecule has 0 radical (unpaired) electrons. The summed E-state index contributed by atoms with van der Waals surface area (Å²) in [5.41, 5.74) is 27.2. The van der Waals surface area contributed by atoms with Gasteiger partial charge in [0.1, 0.15) is 22.3 Å². The molecule has 0 aliphatic heterocycles. The van der Waals surface area contributed by atoms with E-state index in [0.29, 0.717) is 34.9 Å². The van der Waals surface area contributed by atoms with Crippen molar-refractivity contribution >= 4 is 131 Å². The van der Waals surface area contributed by atoms with E-state index in [1.807, 2.05) is 133 Å². The minimum absolute atomic E-state index is 0.629. The number of hydrogen-bond acceptors (Lipinski definition) is 8. The summed E-state index contributed by atoms with van der Waals surface area (Å²) in [6, 6.07) is 149. The fourth-order valence-corrected chi connectivity index (χ4v) is 18.9. The predicted molar refractivity (Wildman–Crippen MR) is 515 cm³/mol. The smallest absolute Gasteiger partial charge is 0.164 e. The van der Waals surface area contributed by atoms with Gasteiger partial charge in [-0.2, -0.15) is 0 Å². The highest BCUT2D eigenvalue weighted by molar-refractivity contribution is 6.26. The zero-order valence-electron chi connectivity index (χ0n) is 67.7. The van der Waals surface area contributed by atoms with Crippen LogP contribution >= 0.6 is 0 Å². The van der Waals surface area contributed by atoms with Crippen LogP contribution in [-0.2, 0) is 0 Å². The molecular formula is C114H70N10O2. The third-order valence-corrected chi connectivity index (χ3v) is 24.7. The number of furan rings is 2. The Morgan fingerprint density at radius 1 is 0.151 bits per heavy atom. The van der Waals surface area contributed by atoms with Crippen molar-refractivity contribution in [1.82, 2.24) is 48.2 Å². The van der Waals surface area contributed by atoms with Crippen LogP contribution in [-0.4, -0.2) is 48.2 Å². The third kappa shape index (κ3) is 11.9. The average Bonchev–Trinajstić information content (AvgIpc) is 1.56. The van der Waals surface area contributed by atoms with Crippen LogP contribution in [0.15, 0.2) is 433 Å². The number of rotatable bonds is 12.